The van der Waals surface area contributed by atoms with Gasteiger partial charge >= 0.3 is 0 Å². The summed E-state index contributed by atoms with van der Waals surface area (Å²) in [6.45, 7) is 0. The largest absolute Gasteiger partial charge is 0.224 e. The van der Waals surface area contributed by atoms with Gasteiger partial charge in [-0.2, -0.15) is 0 Å². The molecule has 4 heteroatoms. The van der Waals surface area contributed by atoms with E-state index in [9.17, 15) is 8.42 Å². The summed E-state index contributed by atoms with van der Waals surface area (Å²) >= 11 is 1.50. The van der Waals surface area contributed by atoms with E-state index in [2.05, 4.69) is 6.07 Å². The molecule has 0 bridgehead atoms. The fraction of sp³-hybridized carbons (Fsp3) is 0.111. The molecule has 0 saturated heterocycles. The van der Waals surface area contributed by atoms with Crippen LogP contribution in [0.3, 0.4) is 0 Å². The van der Waals surface area contributed by atoms with Crippen molar-refractivity contribution in [3.05, 3.63) is 29.6 Å². The fourth-order valence-corrected chi connectivity index (χ4v) is 2.59. The van der Waals surface area contributed by atoms with E-state index in [1.807, 2.05) is 5.38 Å². The minimum atomic E-state index is -3.08. The van der Waals surface area contributed by atoms with Gasteiger partial charge in [-0.15, -0.1) is 11.3 Å². The summed E-state index contributed by atoms with van der Waals surface area (Å²) in [5.41, 5.74) is 0. The maximum Gasteiger partial charge on any atom is 0.175 e. The van der Waals surface area contributed by atoms with Crippen LogP contribution in [-0.4, -0.2) is 14.7 Å². The lowest BCUT2D eigenvalue weighted by molar-refractivity contribution is 0.602. The molecule has 0 unspecified atom stereocenters. The first-order valence-electron chi connectivity index (χ1n) is 3.66. The maximum atomic E-state index is 11.2. The molecule has 2 aromatic rings. The van der Waals surface area contributed by atoms with Crippen molar-refractivity contribution < 1.29 is 8.42 Å². The summed E-state index contributed by atoms with van der Waals surface area (Å²) in [5, 5.41) is 2.80. The topological polar surface area (TPSA) is 34.1 Å². The van der Waals surface area contributed by atoms with Crippen molar-refractivity contribution in [2.45, 2.75) is 4.90 Å². The van der Waals surface area contributed by atoms with Gasteiger partial charge < -0.3 is 0 Å². The maximum absolute atomic E-state index is 11.2. The van der Waals surface area contributed by atoms with Gasteiger partial charge in [-0.3, -0.25) is 0 Å². The summed E-state index contributed by atoms with van der Waals surface area (Å²) in [4.78, 5) is 0.371. The van der Waals surface area contributed by atoms with E-state index < -0.39 is 9.84 Å². The van der Waals surface area contributed by atoms with E-state index >= 15 is 0 Å². The van der Waals surface area contributed by atoms with Gasteiger partial charge in [-0.05, 0) is 17.5 Å². The number of fused-ring (bicyclic) bond motifs is 1. The van der Waals surface area contributed by atoms with Crippen LogP contribution in [-0.2, 0) is 9.84 Å². The van der Waals surface area contributed by atoms with Crippen molar-refractivity contribution in [2.75, 3.05) is 6.26 Å². The van der Waals surface area contributed by atoms with Crippen LogP contribution in [0.4, 0.5) is 0 Å². The summed E-state index contributed by atoms with van der Waals surface area (Å²) in [5.74, 6) is 0. The Morgan fingerprint density at radius 2 is 2.15 bits per heavy atom. The summed E-state index contributed by atoms with van der Waals surface area (Å²) in [6, 6.07) is 8.10. The molecule has 0 aliphatic heterocycles. The van der Waals surface area contributed by atoms with Gasteiger partial charge in [0.2, 0.25) is 0 Å². The van der Waals surface area contributed by atoms with Gasteiger partial charge in [0.05, 0.1) is 4.90 Å². The van der Waals surface area contributed by atoms with Crippen LogP contribution < -0.4 is 0 Å². The quantitative estimate of drug-likeness (QED) is 0.724. The molecule has 0 N–H and O–H groups in total. The number of benzene rings is 1. The van der Waals surface area contributed by atoms with Crippen molar-refractivity contribution in [1.29, 1.82) is 0 Å². The van der Waals surface area contributed by atoms with Crippen LogP contribution >= 0.6 is 11.3 Å². The van der Waals surface area contributed by atoms with Crippen LogP contribution in [0.25, 0.3) is 10.1 Å². The number of hydrogen-bond acceptors (Lipinski definition) is 3. The zero-order valence-electron chi connectivity index (χ0n) is 6.94. The number of sulfone groups is 1. The molecular formula is C9H7O2S2. The molecule has 0 aliphatic rings. The molecule has 0 saturated carbocycles. The van der Waals surface area contributed by atoms with E-state index in [0.29, 0.717) is 4.90 Å². The molecule has 1 heterocycles. The zero-order chi connectivity index (χ0) is 9.47. The number of rotatable bonds is 1. The van der Waals surface area contributed by atoms with Gasteiger partial charge in [0.25, 0.3) is 0 Å². The highest BCUT2D eigenvalue weighted by atomic mass is 32.2. The van der Waals surface area contributed by atoms with Gasteiger partial charge in [0, 0.05) is 22.4 Å². The van der Waals surface area contributed by atoms with Crippen molar-refractivity contribution in [3.8, 4) is 0 Å². The minimum absolute atomic E-state index is 0.371. The first kappa shape index (κ1) is 8.72. The third-order valence-corrected chi connectivity index (χ3v) is 3.72. The Kier molecular flexibility index (Phi) is 1.89. The average Bonchev–Trinajstić information content (AvgIpc) is 2.47. The van der Waals surface area contributed by atoms with Crippen molar-refractivity contribution in [2.24, 2.45) is 0 Å². The summed E-state index contributed by atoms with van der Waals surface area (Å²) in [6.07, 6.45) is 1.21. The van der Waals surface area contributed by atoms with E-state index in [1.165, 1.54) is 17.6 Å². The highest BCUT2D eigenvalue weighted by molar-refractivity contribution is 7.90. The van der Waals surface area contributed by atoms with E-state index in [1.54, 1.807) is 18.2 Å². The summed E-state index contributed by atoms with van der Waals surface area (Å²) in [7, 11) is -3.08. The molecule has 13 heavy (non-hydrogen) atoms. The molecule has 0 amide bonds. The zero-order valence-corrected chi connectivity index (χ0v) is 8.58. The first-order chi connectivity index (χ1) is 6.07. The van der Waals surface area contributed by atoms with Gasteiger partial charge in [-0.25, -0.2) is 8.42 Å². The van der Waals surface area contributed by atoms with Gasteiger partial charge in [0.15, 0.2) is 9.84 Å². The highest BCUT2D eigenvalue weighted by Gasteiger charge is 2.07. The second-order valence-electron chi connectivity index (χ2n) is 2.81. The summed E-state index contributed by atoms with van der Waals surface area (Å²) < 4.78 is 23.3. The molecule has 0 spiro atoms. The molecule has 2 rings (SSSR count). The predicted octanol–water partition coefficient (Wildman–Crippen LogP) is 2.10. The van der Waals surface area contributed by atoms with Crippen LogP contribution in [0.2, 0.25) is 0 Å². The lowest BCUT2D eigenvalue weighted by atomic mass is 10.3. The molecule has 1 radical (unpaired) electrons. The number of hydrogen-bond donors (Lipinski definition) is 0. The van der Waals surface area contributed by atoms with E-state index in [-0.39, 0.29) is 0 Å². The Bertz CT molecular complexity index is 537. The Hall–Kier alpha value is -0.870. The van der Waals surface area contributed by atoms with Crippen molar-refractivity contribution in [1.82, 2.24) is 0 Å². The smallest absolute Gasteiger partial charge is 0.175 e. The van der Waals surface area contributed by atoms with Crippen molar-refractivity contribution in [3.63, 3.8) is 0 Å². The molecular weight excluding hydrogens is 204 g/mol. The lowest BCUT2D eigenvalue weighted by Crippen LogP contribution is -1.95. The molecule has 0 atom stereocenters. The van der Waals surface area contributed by atoms with Crippen LogP contribution in [0, 0.1) is 6.07 Å². The van der Waals surface area contributed by atoms with Crippen molar-refractivity contribution >= 4 is 31.3 Å². The molecule has 1 aromatic heterocycles. The molecule has 0 fully saturated rings. The number of thiophene rings is 1. The Labute approximate surface area is 80.7 Å². The second-order valence-corrected chi connectivity index (χ2v) is 5.74. The molecule has 0 aliphatic carbocycles. The third-order valence-electron chi connectivity index (χ3n) is 1.78. The van der Waals surface area contributed by atoms with Gasteiger partial charge in [-0.1, -0.05) is 6.07 Å². The normalized spacial score (nSPS) is 12.1. The third kappa shape index (κ3) is 1.59. The Morgan fingerprint density at radius 1 is 1.38 bits per heavy atom. The Morgan fingerprint density at radius 3 is 2.85 bits per heavy atom. The standard InChI is InChI=1S/C9H7O2S2/c1-13(10,11)8-3-2-7-4-5-12-9(7)6-8/h2-3,5-6H,1H3. The van der Waals surface area contributed by atoms with Crippen LogP contribution in [0.1, 0.15) is 0 Å². The fourth-order valence-electron chi connectivity index (χ4n) is 1.11. The van der Waals surface area contributed by atoms with Gasteiger partial charge in [0.1, 0.15) is 0 Å². The SMILES string of the molecule is CS(=O)(=O)c1ccc2[c]csc2c1. The monoisotopic (exact) mass is 211 g/mol. The molecule has 67 valence electrons. The van der Waals surface area contributed by atoms with E-state index in [4.69, 9.17) is 0 Å². The second kappa shape index (κ2) is 2.82. The predicted molar refractivity (Wildman–Crippen MR) is 53.8 cm³/mol. The lowest BCUT2D eigenvalue weighted by Gasteiger charge is -1.96. The first-order valence-corrected chi connectivity index (χ1v) is 6.43. The highest BCUT2D eigenvalue weighted by Crippen LogP contribution is 2.23. The molecule has 2 nitrogen and oxygen atoms in total. The Balaban J connectivity index is 2.75. The van der Waals surface area contributed by atoms with Crippen LogP contribution in [0.15, 0.2) is 28.5 Å². The molecule has 1 aromatic carbocycles. The minimum Gasteiger partial charge on any atom is -0.224 e. The van der Waals surface area contributed by atoms with Crippen LogP contribution in [0.5, 0.6) is 0 Å². The van der Waals surface area contributed by atoms with E-state index in [0.717, 1.165) is 10.1 Å². The average molecular weight is 211 g/mol.